The first kappa shape index (κ1) is 22.1. The summed E-state index contributed by atoms with van der Waals surface area (Å²) in [5.74, 6) is -1.95. The molecule has 31 heavy (non-hydrogen) atoms. The molecule has 0 fully saturated rings. The number of hydrogen-bond donors (Lipinski definition) is 3. The number of nitrogens with zero attached hydrogens (tertiary/aromatic N) is 2. The monoisotopic (exact) mass is 443 g/mol. The van der Waals surface area contributed by atoms with E-state index in [2.05, 4.69) is 22.2 Å². The molecule has 0 saturated heterocycles. The predicted molar refractivity (Wildman–Crippen MR) is 115 cm³/mol. The smallest absolute Gasteiger partial charge is 0.337 e. The molecule has 162 valence electrons. The normalized spacial score (nSPS) is 16.1. The van der Waals surface area contributed by atoms with E-state index in [4.69, 9.17) is 25.2 Å². The molecule has 1 aromatic carbocycles. The fourth-order valence-corrected chi connectivity index (χ4v) is 3.89. The van der Waals surface area contributed by atoms with Gasteiger partial charge in [0.25, 0.3) is 0 Å². The summed E-state index contributed by atoms with van der Waals surface area (Å²) < 4.78 is 15.2. The van der Waals surface area contributed by atoms with Gasteiger partial charge in [-0.15, -0.1) is 0 Å². The van der Waals surface area contributed by atoms with Crippen molar-refractivity contribution < 1.29 is 23.7 Å². The molecule has 0 amide bonds. The Hall–Kier alpha value is -3.60. The van der Waals surface area contributed by atoms with Crippen LogP contribution < -0.4 is 11.1 Å². The van der Waals surface area contributed by atoms with Crippen molar-refractivity contribution in [2.24, 2.45) is 5.73 Å². The Bertz CT molecular complexity index is 1120. The second-order valence-electron chi connectivity index (χ2n) is 6.50. The molecular weight excluding hydrogens is 422 g/mol. The summed E-state index contributed by atoms with van der Waals surface area (Å²) in [6.07, 6.45) is 1.45. The zero-order chi connectivity index (χ0) is 22.5. The largest absolute Gasteiger partial charge is 0.466 e. The molecule has 2 aromatic rings. The van der Waals surface area contributed by atoms with E-state index in [0.717, 1.165) is 11.8 Å². The van der Waals surface area contributed by atoms with Crippen molar-refractivity contribution in [1.29, 1.82) is 5.41 Å². The van der Waals surface area contributed by atoms with Gasteiger partial charge in [-0.25, -0.2) is 14.2 Å². The van der Waals surface area contributed by atoms with Crippen LogP contribution in [0.3, 0.4) is 0 Å². The molecule has 1 atom stereocenters. The van der Waals surface area contributed by atoms with Crippen molar-refractivity contribution >= 4 is 39.9 Å². The van der Waals surface area contributed by atoms with Gasteiger partial charge in [-0.2, -0.15) is 0 Å². The molecule has 1 unspecified atom stereocenters. The standard InChI is InChI=1S/C20H21N5O5S/c1-4-8-29-19(27)14-10(2)23-13(9-31-20(21)22)16(18(26)28-3)15(14)11-6-5-7-12-17(11)25-30-24-12/h4-7,15,23H,1,8-9H2,2-3H3,(H3,21,22). The van der Waals surface area contributed by atoms with Crippen molar-refractivity contribution in [2.45, 2.75) is 12.8 Å². The Morgan fingerprint density at radius 2 is 2.13 bits per heavy atom. The number of hydrogen-bond acceptors (Lipinski definition) is 10. The Morgan fingerprint density at radius 3 is 2.81 bits per heavy atom. The minimum Gasteiger partial charge on any atom is -0.466 e. The zero-order valence-electron chi connectivity index (χ0n) is 16.9. The topological polar surface area (TPSA) is 153 Å². The molecule has 0 bridgehead atoms. The Balaban J connectivity index is 2.25. The van der Waals surface area contributed by atoms with Crippen LogP contribution in [0.1, 0.15) is 18.4 Å². The molecule has 3 rings (SSSR count). The number of ether oxygens (including phenoxy) is 2. The lowest BCUT2D eigenvalue weighted by molar-refractivity contribution is -0.138. The molecule has 1 aliphatic rings. The van der Waals surface area contributed by atoms with Crippen LogP contribution in [0.2, 0.25) is 0 Å². The van der Waals surface area contributed by atoms with E-state index < -0.39 is 17.9 Å². The van der Waals surface area contributed by atoms with Crippen LogP contribution in [-0.2, 0) is 19.1 Å². The highest BCUT2D eigenvalue weighted by atomic mass is 32.2. The summed E-state index contributed by atoms with van der Waals surface area (Å²) in [5, 5.41) is 18.3. The lowest BCUT2D eigenvalue weighted by Gasteiger charge is -2.31. The summed E-state index contributed by atoms with van der Waals surface area (Å²) in [5.41, 5.74) is 8.23. The summed E-state index contributed by atoms with van der Waals surface area (Å²) in [7, 11) is 1.25. The van der Waals surface area contributed by atoms with Crippen LogP contribution in [0.4, 0.5) is 0 Å². The van der Waals surface area contributed by atoms with Crippen LogP contribution in [-0.4, -0.2) is 46.9 Å². The second-order valence-corrected chi connectivity index (χ2v) is 7.52. The number of allylic oxidation sites excluding steroid dienone is 1. The van der Waals surface area contributed by atoms with E-state index in [-0.39, 0.29) is 28.7 Å². The highest BCUT2D eigenvalue weighted by Gasteiger charge is 2.40. The fourth-order valence-electron chi connectivity index (χ4n) is 3.37. The molecular formula is C20H21N5O5S. The van der Waals surface area contributed by atoms with Gasteiger partial charge in [-0.05, 0) is 28.9 Å². The first-order valence-electron chi connectivity index (χ1n) is 9.14. The van der Waals surface area contributed by atoms with Gasteiger partial charge in [0.15, 0.2) is 5.17 Å². The number of thioether (sulfide) groups is 1. The van der Waals surface area contributed by atoms with Crippen LogP contribution in [0.15, 0.2) is 58.0 Å². The third-order valence-electron chi connectivity index (χ3n) is 4.60. The maximum absolute atomic E-state index is 13.0. The van der Waals surface area contributed by atoms with Crippen molar-refractivity contribution in [1.82, 2.24) is 15.6 Å². The maximum atomic E-state index is 13.0. The first-order chi connectivity index (χ1) is 14.9. The van der Waals surface area contributed by atoms with Gasteiger partial charge in [0, 0.05) is 17.1 Å². The number of methoxy groups -OCH3 is 1. The van der Waals surface area contributed by atoms with Crippen LogP contribution in [0, 0.1) is 5.41 Å². The molecule has 0 saturated carbocycles. The van der Waals surface area contributed by atoms with Gasteiger partial charge in [-0.1, -0.05) is 36.5 Å². The van der Waals surface area contributed by atoms with Gasteiger partial charge in [0.1, 0.15) is 17.6 Å². The van der Waals surface area contributed by atoms with E-state index >= 15 is 0 Å². The van der Waals surface area contributed by atoms with Gasteiger partial charge in [0.2, 0.25) is 0 Å². The molecule has 0 spiro atoms. The second kappa shape index (κ2) is 9.47. The number of amidine groups is 1. The number of nitrogens with two attached hydrogens (primary N) is 1. The summed E-state index contributed by atoms with van der Waals surface area (Å²) in [6, 6.07) is 5.16. The average Bonchev–Trinajstić information content (AvgIpc) is 3.23. The Kier molecular flexibility index (Phi) is 6.75. The number of nitrogens with one attached hydrogen (secondary N) is 2. The predicted octanol–water partition coefficient (Wildman–Crippen LogP) is 1.97. The van der Waals surface area contributed by atoms with E-state index in [1.165, 1.54) is 13.2 Å². The van der Waals surface area contributed by atoms with Crippen molar-refractivity contribution in [3.63, 3.8) is 0 Å². The van der Waals surface area contributed by atoms with Crippen LogP contribution in [0.5, 0.6) is 0 Å². The van der Waals surface area contributed by atoms with Crippen molar-refractivity contribution in [3.05, 3.63) is 59.0 Å². The average molecular weight is 443 g/mol. The third-order valence-corrected chi connectivity index (χ3v) is 5.35. The third kappa shape index (κ3) is 4.45. The van der Waals surface area contributed by atoms with E-state index in [9.17, 15) is 9.59 Å². The lowest BCUT2D eigenvalue weighted by atomic mass is 9.80. The summed E-state index contributed by atoms with van der Waals surface area (Å²) in [6.45, 7) is 5.26. The van der Waals surface area contributed by atoms with Crippen molar-refractivity contribution in [3.8, 4) is 0 Å². The molecule has 4 N–H and O–H groups in total. The number of benzene rings is 1. The van der Waals surface area contributed by atoms with Gasteiger partial charge in [-0.3, -0.25) is 5.41 Å². The van der Waals surface area contributed by atoms with Gasteiger partial charge >= 0.3 is 11.9 Å². The first-order valence-corrected chi connectivity index (χ1v) is 10.1. The number of esters is 2. The number of carbonyl (C=O) groups excluding carboxylic acids is 2. The highest BCUT2D eigenvalue weighted by molar-refractivity contribution is 8.13. The van der Waals surface area contributed by atoms with Gasteiger partial charge < -0.3 is 20.5 Å². The Morgan fingerprint density at radius 1 is 1.35 bits per heavy atom. The number of fused-ring (bicyclic) bond motifs is 1. The molecule has 11 heteroatoms. The minimum atomic E-state index is -0.871. The molecule has 1 aromatic heterocycles. The molecule has 0 radical (unpaired) electrons. The number of aromatic nitrogens is 2. The van der Waals surface area contributed by atoms with Crippen molar-refractivity contribution in [2.75, 3.05) is 19.5 Å². The minimum absolute atomic E-state index is 0.00235. The molecule has 2 heterocycles. The van der Waals surface area contributed by atoms with Crippen LogP contribution >= 0.6 is 11.8 Å². The zero-order valence-corrected chi connectivity index (χ0v) is 17.7. The summed E-state index contributed by atoms with van der Waals surface area (Å²) >= 11 is 1.03. The Labute approximate surface area is 182 Å². The summed E-state index contributed by atoms with van der Waals surface area (Å²) in [4.78, 5) is 25.9. The molecule has 0 aliphatic carbocycles. The van der Waals surface area contributed by atoms with Gasteiger partial charge in [0.05, 0.1) is 24.2 Å². The lowest BCUT2D eigenvalue weighted by Crippen LogP contribution is -2.34. The molecule has 10 nitrogen and oxygen atoms in total. The quantitative estimate of drug-likeness (QED) is 0.250. The SMILES string of the molecule is C=CCOC(=O)C1=C(C)NC(CSC(=N)N)=C(C(=O)OC)C1c1cccc2nonc12. The van der Waals surface area contributed by atoms with E-state index in [1.54, 1.807) is 25.1 Å². The number of rotatable bonds is 7. The van der Waals surface area contributed by atoms with E-state index in [1.807, 2.05) is 0 Å². The van der Waals surface area contributed by atoms with E-state index in [0.29, 0.717) is 28.0 Å². The highest BCUT2D eigenvalue weighted by Crippen LogP contribution is 2.41. The van der Waals surface area contributed by atoms with Crippen LogP contribution in [0.25, 0.3) is 11.0 Å². The molecule has 1 aliphatic heterocycles. The number of carbonyl (C=O) groups is 2. The number of dihydropyridines is 1. The maximum Gasteiger partial charge on any atom is 0.337 e. The fraction of sp³-hybridized carbons (Fsp3) is 0.250.